The van der Waals surface area contributed by atoms with Crippen LogP contribution in [0.25, 0.3) is 0 Å². The Bertz CT molecular complexity index is 69.0. The zero-order chi connectivity index (χ0) is 7.44. The predicted octanol–water partition coefficient (Wildman–Crippen LogP) is 2.02. The molecule has 0 amide bonds. The van der Waals surface area contributed by atoms with Crippen molar-refractivity contribution in [3.63, 3.8) is 0 Å². The molecule has 0 rings (SSSR count). The average molecular weight is 129 g/mol. The lowest BCUT2D eigenvalue weighted by Gasteiger charge is -2.21. The molecule has 3 atom stereocenters. The summed E-state index contributed by atoms with van der Waals surface area (Å²) in [4.78, 5) is 0. The van der Waals surface area contributed by atoms with Crippen LogP contribution in [0.4, 0.5) is 0 Å². The van der Waals surface area contributed by atoms with Crippen LogP contribution in [0.5, 0.6) is 0 Å². The van der Waals surface area contributed by atoms with Crippen LogP contribution in [0.1, 0.15) is 34.1 Å². The summed E-state index contributed by atoms with van der Waals surface area (Å²) < 4.78 is 0. The Hall–Kier alpha value is -0.0400. The van der Waals surface area contributed by atoms with E-state index in [1.54, 1.807) is 0 Å². The molecule has 2 N–H and O–H groups in total. The normalized spacial score (nSPS) is 21.0. The van der Waals surface area contributed by atoms with Gasteiger partial charge in [0.1, 0.15) is 0 Å². The molecule has 0 bridgehead atoms. The van der Waals surface area contributed by atoms with Gasteiger partial charge in [-0.2, -0.15) is 0 Å². The smallest absolute Gasteiger partial charge is 0.00386 e. The van der Waals surface area contributed by atoms with Crippen molar-refractivity contribution in [2.24, 2.45) is 17.6 Å². The second kappa shape index (κ2) is 3.89. The number of hydrogen-bond donors (Lipinski definition) is 1. The number of nitrogens with two attached hydrogens (primary N) is 1. The quantitative estimate of drug-likeness (QED) is 0.620. The largest absolute Gasteiger partial charge is 0.328 e. The van der Waals surface area contributed by atoms with Crippen molar-refractivity contribution in [3.05, 3.63) is 0 Å². The molecule has 2 unspecified atom stereocenters. The zero-order valence-electron chi connectivity index (χ0n) is 7.02. The van der Waals surface area contributed by atoms with Gasteiger partial charge in [0.2, 0.25) is 0 Å². The third-order valence-corrected chi connectivity index (χ3v) is 2.37. The van der Waals surface area contributed by atoms with Crippen LogP contribution >= 0.6 is 0 Å². The Kier molecular flexibility index (Phi) is 3.87. The SMILES string of the molecule is CCC(C)[C@H](C)C(C)N. The molecule has 0 aliphatic carbocycles. The van der Waals surface area contributed by atoms with E-state index in [1.165, 1.54) is 6.42 Å². The predicted molar refractivity (Wildman–Crippen MR) is 42.3 cm³/mol. The van der Waals surface area contributed by atoms with E-state index in [9.17, 15) is 0 Å². The fraction of sp³-hybridized carbons (Fsp3) is 1.00. The molecule has 1 heteroatoms. The van der Waals surface area contributed by atoms with Gasteiger partial charge in [0, 0.05) is 6.04 Å². The number of hydrogen-bond acceptors (Lipinski definition) is 1. The van der Waals surface area contributed by atoms with Gasteiger partial charge in [-0.3, -0.25) is 0 Å². The van der Waals surface area contributed by atoms with Gasteiger partial charge in [0.15, 0.2) is 0 Å². The molecule has 0 spiro atoms. The second-order valence-electron chi connectivity index (χ2n) is 3.10. The monoisotopic (exact) mass is 129 g/mol. The molecule has 0 aromatic rings. The highest BCUT2D eigenvalue weighted by Gasteiger charge is 2.13. The van der Waals surface area contributed by atoms with Gasteiger partial charge < -0.3 is 5.73 Å². The van der Waals surface area contributed by atoms with Crippen LogP contribution in [0.3, 0.4) is 0 Å². The molecule has 9 heavy (non-hydrogen) atoms. The molecule has 0 aliphatic rings. The molecular weight excluding hydrogens is 110 g/mol. The van der Waals surface area contributed by atoms with Crippen molar-refractivity contribution < 1.29 is 0 Å². The molecule has 0 heterocycles. The summed E-state index contributed by atoms with van der Waals surface area (Å²) in [5, 5.41) is 0. The van der Waals surface area contributed by atoms with E-state index in [0.717, 1.165) is 5.92 Å². The van der Waals surface area contributed by atoms with Gasteiger partial charge >= 0.3 is 0 Å². The first-order chi connectivity index (χ1) is 4.09. The average Bonchev–Trinajstić information content (AvgIpc) is 1.84. The van der Waals surface area contributed by atoms with E-state index >= 15 is 0 Å². The Morgan fingerprint density at radius 2 is 1.67 bits per heavy atom. The van der Waals surface area contributed by atoms with E-state index in [0.29, 0.717) is 12.0 Å². The highest BCUT2D eigenvalue weighted by molar-refractivity contribution is 4.68. The fourth-order valence-electron chi connectivity index (χ4n) is 0.890. The molecule has 1 nitrogen and oxygen atoms in total. The Morgan fingerprint density at radius 3 is 1.78 bits per heavy atom. The fourth-order valence-corrected chi connectivity index (χ4v) is 0.890. The van der Waals surface area contributed by atoms with Crippen molar-refractivity contribution in [3.8, 4) is 0 Å². The molecule has 0 fully saturated rings. The molecule has 0 radical (unpaired) electrons. The van der Waals surface area contributed by atoms with Crippen LogP contribution < -0.4 is 5.73 Å². The lowest BCUT2D eigenvalue weighted by atomic mass is 9.89. The van der Waals surface area contributed by atoms with Crippen molar-refractivity contribution in [1.29, 1.82) is 0 Å². The minimum atomic E-state index is 0.347. The third kappa shape index (κ3) is 2.85. The first-order valence-corrected chi connectivity index (χ1v) is 3.85. The Morgan fingerprint density at radius 1 is 1.22 bits per heavy atom. The van der Waals surface area contributed by atoms with E-state index in [1.807, 2.05) is 0 Å². The number of rotatable bonds is 3. The molecule has 56 valence electrons. The first kappa shape index (κ1) is 8.96. The highest BCUT2D eigenvalue weighted by Crippen LogP contribution is 2.16. The maximum absolute atomic E-state index is 5.71. The lowest BCUT2D eigenvalue weighted by molar-refractivity contribution is 0.330. The van der Waals surface area contributed by atoms with Gasteiger partial charge in [-0.15, -0.1) is 0 Å². The van der Waals surface area contributed by atoms with Gasteiger partial charge in [-0.25, -0.2) is 0 Å². The van der Waals surface area contributed by atoms with Gasteiger partial charge in [-0.05, 0) is 18.8 Å². The molecular formula is C8H19N. The van der Waals surface area contributed by atoms with Crippen LogP contribution in [0, 0.1) is 11.8 Å². The van der Waals surface area contributed by atoms with Crippen molar-refractivity contribution >= 4 is 0 Å². The van der Waals surface area contributed by atoms with Crippen molar-refractivity contribution in [2.45, 2.75) is 40.2 Å². The van der Waals surface area contributed by atoms with Gasteiger partial charge in [0.05, 0.1) is 0 Å². The molecule has 0 aromatic carbocycles. The standard InChI is InChI=1S/C8H19N/c1-5-6(2)7(3)8(4)9/h6-8H,5,9H2,1-4H3/t6?,7-,8?/m0/s1. The summed E-state index contributed by atoms with van der Waals surface area (Å²) in [5.41, 5.74) is 5.71. The van der Waals surface area contributed by atoms with Crippen LogP contribution in [0.2, 0.25) is 0 Å². The molecule has 0 saturated heterocycles. The highest BCUT2D eigenvalue weighted by atomic mass is 14.6. The van der Waals surface area contributed by atoms with Crippen molar-refractivity contribution in [2.75, 3.05) is 0 Å². The summed E-state index contributed by atoms with van der Waals surface area (Å²) in [6.45, 7) is 8.77. The Balaban J connectivity index is 3.58. The summed E-state index contributed by atoms with van der Waals surface area (Å²) >= 11 is 0. The molecule has 0 saturated carbocycles. The summed E-state index contributed by atoms with van der Waals surface area (Å²) in [5.74, 6) is 1.43. The maximum Gasteiger partial charge on any atom is 0.00386 e. The zero-order valence-corrected chi connectivity index (χ0v) is 7.02. The minimum absolute atomic E-state index is 0.347. The van der Waals surface area contributed by atoms with Crippen LogP contribution in [-0.2, 0) is 0 Å². The van der Waals surface area contributed by atoms with Crippen molar-refractivity contribution in [1.82, 2.24) is 0 Å². The molecule has 0 aromatic heterocycles. The maximum atomic E-state index is 5.71. The van der Waals surface area contributed by atoms with Gasteiger partial charge in [0.25, 0.3) is 0 Å². The Labute approximate surface area is 58.6 Å². The minimum Gasteiger partial charge on any atom is -0.328 e. The summed E-state index contributed by atoms with van der Waals surface area (Å²) in [6.07, 6.45) is 1.24. The first-order valence-electron chi connectivity index (χ1n) is 3.85. The van der Waals surface area contributed by atoms with E-state index < -0.39 is 0 Å². The topological polar surface area (TPSA) is 26.0 Å². The third-order valence-electron chi connectivity index (χ3n) is 2.37. The van der Waals surface area contributed by atoms with E-state index in [4.69, 9.17) is 5.73 Å². The molecule has 0 aliphatic heterocycles. The summed E-state index contributed by atoms with van der Waals surface area (Å²) in [7, 11) is 0. The van der Waals surface area contributed by atoms with Crippen LogP contribution in [0.15, 0.2) is 0 Å². The van der Waals surface area contributed by atoms with E-state index in [2.05, 4.69) is 27.7 Å². The van der Waals surface area contributed by atoms with Gasteiger partial charge in [-0.1, -0.05) is 27.2 Å². The summed E-state index contributed by atoms with van der Waals surface area (Å²) in [6, 6.07) is 0.347. The lowest BCUT2D eigenvalue weighted by Crippen LogP contribution is -2.28. The van der Waals surface area contributed by atoms with Crippen LogP contribution in [-0.4, -0.2) is 6.04 Å². The van der Waals surface area contributed by atoms with E-state index in [-0.39, 0.29) is 0 Å². The second-order valence-corrected chi connectivity index (χ2v) is 3.10.